The average Bonchev–Trinajstić information content (AvgIpc) is 2.69. The normalized spacial score (nSPS) is 14.7. The fraction of sp³-hybridized carbons (Fsp3) is 0.385. The van der Waals surface area contributed by atoms with Crippen LogP contribution in [0.15, 0.2) is 18.2 Å². The van der Waals surface area contributed by atoms with Crippen LogP contribution in [0.1, 0.15) is 17.3 Å². The highest BCUT2D eigenvalue weighted by Gasteiger charge is 2.22. The van der Waals surface area contributed by atoms with Crippen LogP contribution >= 0.6 is 0 Å². The first-order chi connectivity index (χ1) is 8.49. The van der Waals surface area contributed by atoms with Crippen LogP contribution in [-0.4, -0.2) is 43.4 Å². The molecule has 0 N–H and O–H groups in total. The molecule has 0 aliphatic carbocycles. The monoisotopic (exact) mass is 249 g/mol. The molecule has 1 aliphatic heterocycles. The van der Waals surface area contributed by atoms with E-state index in [4.69, 9.17) is 9.47 Å². The third-order valence-electron chi connectivity index (χ3n) is 2.71. The standard InChI is InChI=1S/C13H15NO4/c1-8(13(16)14(2)3)18-9-4-5-10-11(15)7-17-12(10)6-9/h4-6,8H,7H2,1-3H3. The van der Waals surface area contributed by atoms with Crippen molar-refractivity contribution in [1.29, 1.82) is 0 Å². The first-order valence-corrected chi connectivity index (χ1v) is 5.67. The van der Waals surface area contributed by atoms with Crippen LogP contribution in [0.5, 0.6) is 11.5 Å². The molecule has 0 fully saturated rings. The molecule has 0 bridgehead atoms. The van der Waals surface area contributed by atoms with Gasteiger partial charge in [-0.05, 0) is 19.1 Å². The fourth-order valence-electron chi connectivity index (χ4n) is 1.76. The van der Waals surface area contributed by atoms with E-state index in [1.165, 1.54) is 4.90 Å². The summed E-state index contributed by atoms with van der Waals surface area (Å²) in [5, 5.41) is 0. The number of fused-ring (bicyclic) bond motifs is 1. The molecule has 96 valence electrons. The average molecular weight is 249 g/mol. The molecule has 1 aromatic rings. The van der Waals surface area contributed by atoms with Gasteiger partial charge < -0.3 is 14.4 Å². The van der Waals surface area contributed by atoms with Crippen molar-refractivity contribution < 1.29 is 19.1 Å². The van der Waals surface area contributed by atoms with E-state index in [1.807, 2.05) is 0 Å². The van der Waals surface area contributed by atoms with Crippen LogP contribution in [0, 0.1) is 0 Å². The molecule has 1 aromatic carbocycles. The molecule has 0 aromatic heterocycles. The molecule has 5 nitrogen and oxygen atoms in total. The highest BCUT2D eigenvalue weighted by Crippen LogP contribution is 2.29. The van der Waals surface area contributed by atoms with Gasteiger partial charge in [-0.25, -0.2) is 0 Å². The number of amides is 1. The van der Waals surface area contributed by atoms with Crippen molar-refractivity contribution in [3.05, 3.63) is 23.8 Å². The topological polar surface area (TPSA) is 55.8 Å². The van der Waals surface area contributed by atoms with Gasteiger partial charge in [-0.2, -0.15) is 0 Å². The molecule has 1 unspecified atom stereocenters. The molecule has 0 saturated heterocycles. The molecule has 0 radical (unpaired) electrons. The molecule has 1 heterocycles. The fourth-order valence-corrected chi connectivity index (χ4v) is 1.76. The minimum absolute atomic E-state index is 0.0334. The van der Waals surface area contributed by atoms with Crippen molar-refractivity contribution in [3.8, 4) is 11.5 Å². The second-order valence-corrected chi connectivity index (χ2v) is 4.36. The maximum atomic E-state index is 11.6. The first kappa shape index (κ1) is 12.4. The molecule has 1 amide bonds. The Morgan fingerprint density at radius 1 is 1.44 bits per heavy atom. The number of likely N-dealkylation sites (N-methyl/N-ethyl adjacent to an activating group) is 1. The van der Waals surface area contributed by atoms with E-state index in [0.29, 0.717) is 17.1 Å². The Morgan fingerprint density at radius 3 is 2.83 bits per heavy atom. The van der Waals surface area contributed by atoms with Gasteiger partial charge in [-0.15, -0.1) is 0 Å². The number of benzene rings is 1. The number of ether oxygens (including phenoxy) is 2. The van der Waals surface area contributed by atoms with E-state index in [-0.39, 0.29) is 18.3 Å². The zero-order valence-electron chi connectivity index (χ0n) is 10.6. The smallest absolute Gasteiger partial charge is 0.262 e. The van der Waals surface area contributed by atoms with Crippen molar-refractivity contribution in [2.24, 2.45) is 0 Å². The molecule has 1 aliphatic rings. The third kappa shape index (κ3) is 2.30. The quantitative estimate of drug-likeness (QED) is 0.805. The highest BCUT2D eigenvalue weighted by molar-refractivity contribution is 6.02. The summed E-state index contributed by atoms with van der Waals surface area (Å²) in [6, 6.07) is 4.97. The molecule has 2 rings (SSSR count). The summed E-state index contributed by atoms with van der Waals surface area (Å²) in [7, 11) is 3.35. The van der Waals surface area contributed by atoms with Gasteiger partial charge in [-0.3, -0.25) is 9.59 Å². The Morgan fingerprint density at radius 2 is 2.17 bits per heavy atom. The number of Topliss-reactive ketones (excluding diaryl/α,β-unsaturated/α-hetero) is 1. The zero-order valence-corrected chi connectivity index (χ0v) is 10.6. The van der Waals surface area contributed by atoms with Crippen molar-refractivity contribution >= 4 is 11.7 Å². The maximum Gasteiger partial charge on any atom is 0.262 e. The van der Waals surface area contributed by atoms with Gasteiger partial charge in [0.05, 0.1) is 5.56 Å². The molecule has 0 saturated carbocycles. The van der Waals surface area contributed by atoms with Crippen molar-refractivity contribution in [3.63, 3.8) is 0 Å². The van der Waals surface area contributed by atoms with Gasteiger partial charge in [-0.1, -0.05) is 0 Å². The number of hydrogen-bond acceptors (Lipinski definition) is 4. The number of nitrogens with zero attached hydrogens (tertiary/aromatic N) is 1. The maximum absolute atomic E-state index is 11.6. The summed E-state index contributed by atoms with van der Waals surface area (Å²) in [6.45, 7) is 1.76. The van der Waals surface area contributed by atoms with E-state index < -0.39 is 6.10 Å². The molecule has 18 heavy (non-hydrogen) atoms. The lowest BCUT2D eigenvalue weighted by atomic mass is 10.1. The van der Waals surface area contributed by atoms with Crippen LogP contribution in [0.4, 0.5) is 0 Å². The molecular weight excluding hydrogens is 234 g/mol. The Balaban J connectivity index is 2.12. The Kier molecular flexibility index (Phi) is 3.23. The van der Waals surface area contributed by atoms with Crippen LogP contribution in [0.25, 0.3) is 0 Å². The lowest BCUT2D eigenvalue weighted by Gasteiger charge is -2.18. The van der Waals surface area contributed by atoms with Crippen LogP contribution in [0.2, 0.25) is 0 Å². The Bertz CT molecular complexity index is 496. The number of ketones is 1. The van der Waals surface area contributed by atoms with Crippen molar-refractivity contribution in [2.75, 3.05) is 20.7 Å². The van der Waals surface area contributed by atoms with Crippen LogP contribution < -0.4 is 9.47 Å². The highest BCUT2D eigenvalue weighted by atomic mass is 16.5. The zero-order chi connectivity index (χ0) is 13.3. The van der Waals surface area contributed by atoms with E-state index in [2.05, 4.69) is 0 Å². The van der Waals surface area contributed by atoms with E-state index in [0.717, 1.165) is 0 Å². The SMILES string of the molecule is CC(Oc1ccc2c(c1)OCC2=O)C(=O)N(C)C. The first-order valence-electron chi connectivity index (χ1n) is 5.67. The lowest BCUT2D eigenvalue weighted by molar-refractivity contribution is -0.135. The predicted molar refractivity (Wildman–Crippen MR) is 65.1 cm³/mol. The number of carbonyl (C=O) groups excluding carboxylic acids is 2. The summed E-state index contributed by atoms with van der Waals surface area (Å²) >= 11 is 0. The Hall–Kier alpha value is -2.04. The van der Waals surface area contributed by atoms with Gasteiger partial charge in [0.1, 0.15) is 11.5 Å². The van der Waals surface area contributed by atoms with E-state index in [9.17, 15) is 9.59 Å². The molecule has 1 atom stereocenters. The molecule has 5 heteroatoms. The summed E-state index contributed by atoms with van der Waals surface area (Å²) in [6.07, 6.45) is -0.574. The van der Waals surface area contributed by atoms with Gasteiger partial charge in [0.25, 0.3) is 5.91 Å². The second kappa shape index (κ2) is 4.68. The lowest BCUT2D eigenvalue weighted by Crippen LogP contribution is -2.35. The Labute approximate surface area is 105 Å². The number of hydrogen-bond donors (Lipinski definition) is 0. The summed E-state index contributed by atoms with van der Waals surface area (Å²) < 4.78 is 10.7. The van der Waals surface area contributed by atoms with E-state index in [1.54, 1.807) is 39.2 Å². The number of carbonyl (C=O) groups is 2. The largest absolute Gasteiger partial charge is 0.485 e. The minimum Gasteiger partial charge on any atom is -0.485 e. The predicted octanol–water partition coefficient (Wildman–Crippen LogP) is 1.12. The number of rotatable bonds is 3. The summed E-state index contributed by atoms with van der Waals surface area (Å²) in [5.74, 6) is 0.884. The van der Waals surface area contributed by atoms with Gasteiger partial charge >= 0.3 is 0 Å². The molecular formula is C13H15NO4. The molecule has 0 spiro atoms. The second-order valence-electron chi connectivity index (χ2n) is 4.36. The van der Waals surface area contributed by atoms with Gasteiger partial charge in [0.15, 0.2) is 12.7 Å². The van der Waals surface area contributed by atoms with Gasteiger partial charge in [0.2, 0.25) is 5.78 Å². The van der Waals surface area contributed by atoms with Crippen molar-refractivity contribution in [1.82, 2.24) is 4.90 Å². The van der Waals surface area contributed by atoms with Crippen LogP contribution in [-0.2, 0) is 4.79 Å². The minimum atomic E-state index is -0.574. The van der Waals surface area contributed by atoms with E-state index >= 15 is 0 Å². The summed E-state index contributed by atoms with van der Waals surface area (Å²) in [4.78, 5) is 24.5. The van der Waals surface area contributed by atoms with Gasteiger partial charge in [0, 0.05) is 20.2 Å². The summed E-state index contributed by atoms with van der Waals surface area (Å²) in [5.41, 5.74) is 0.564. The van der Waals surface area contributed by atoms with Crippen LogP contribution in [0.3, 0.4) is 0 Å². The third-order valence-corrected chi connectivity index (χ3v) is 2.71. The van der Waals surface area contributed by atoms with Crippen molar-refractivity contribution in [2.45, 2.75) is 13.0 Å².